The Bertz CT molecular complexity index is 944. The molecule has 1 N–H and O–H groups in total. The maximum absolute atomic E-state index is 6.43. The van der Waals surface area contributed by atoms with Gasteiger partial charge in [-0.3, -0.25) is 0 Å². The predicted molar refractivity (Wildman–Crippen MR) is 113 cm³/mol. The minimum absolute atomic E-state index is 0.273. The molecule has 2 heterocycles. The molecule has 9 nitrogen and oxygen atoms in total. The maximum atomic E-state index is 6.43. The number of tetrazole rings is 1. The number of nitrogens with zero attached hydrogens (tertiary/aromatic N) is 7. The van der Waals surface area contributed by atoms with Crippen molar-refractivity contribution in [3.8, 4) is 5.75 Å². The van der Waals surface area contributed by atoms with Crippen molar-refractivity contribution in [3.63, 3.8) is 0 Å². The van der Waals surface area contributed by atoms with Crippen molar-refractivity contribution in [1.82, 2.24) is 35.0 Å². The molecule has 0 radical (unpaired) electrons. The number of nitrogens with one attached hydrogen (secondary N) is 1. The number of hydrogen-bond donors (Lipinski definition) is 1. The van der Waals surface area contributed by atoms with Crippen molar-refractivity contribution in [3.05, 3.63) is 47.8 Å². The fraction of sp³-hybridized carbons (Fsp3) is 0.550. The fourth-order valence-electron chi connectivity index (χ4n) is 3.20. The minimum atomic E-state index is -0.538. The van der Waals surface area contributed by atoms with Crippen molar-refractivity contribution in [2.24, 2.45) is 5.41 Å². The van der Waals surface area contributed by atoms with E-state index >= 15 is 0 Å². The van der Waals surface area contributed by atoms with Crippen LogP contribution >= 0.6 is 11.6 Å². The van der Waals surface area contributed by atoms with E-state index in [1.54, 1.807) is 23.1 Å². The average Bonchev–Trinajstić information content (AvgIpc) is 3.33. The molecule has 1 aromatic carbocycles. The second-order valence-corrected chi connectivity index (χ2v) is 9.66. The maximum Gasteiger partial charge on any atom is 0.215 e. The summed E-state index contributed by atoms with van der Waals surface area (Å²) in [7, 11) is 4.18. The van der Waals surface area contributed by atoms with Gasteiger partial charge in [-0.05, 0) is 54.0 Å². The average molecular weight is 434 g/mol. The minimum Gasteiger partial charge on any atom is -0.466 e. The summed E-state index contributed by atoms with van der Waals surface area (Å²) in [6.45, 7) is 10.6. The molecule has 2 atom stereocenters. The lowest BCUT2D eigenvalue weighted by Crippen LogP contribution is -3.12. The Balaban J connectivity index is 2.13. The zero-order chi connectivity index (χ0) is 22.1. The Morgan fingerprint density at radius 3 is 2.27 bits per heavy atom. The summed E-state index contributed by atoms with van der Waals surface area (Å²) in [5.74, 6) is 1.44. The van der Waals surface area contributed by atoms with Crippen LogP contribution in [0.4, 0.5) is 0 Å². The lowest BCUT2D eigenvalue weighted by atomic mass is 9.85. The van der Waals surface area contributed by atoms with Crippen LogP contribution in [0, 0.1) is 5.41 Å². The highest BCUT2D eigenvalue weighted by molar-refractivity contribution is 6.30. The number of hydrogen-bond acceptors (Lipinski definition) is 6. The Morgan fingerprint density at radius 1 is 1.07 bits per heavy atom. The van der Waals surface area contributed by atoms with Gasteiger partial charge in [-0.2, -0.15) is 5.10 Å². The number of halogens is 1. The Kier molecular flexibility index (Phi) is 6.14. The molecule has 0 saturated heterocycles. The van der Waals surface area contributed by atoms with Crippen LogP contribution in [0.1, 0.15) is 52.7 Å². The summed E-state index contributed by atoms with van der Waals surface area (Å²) >= 11 is 6.05. The van der Waals surface area contributed by atoms with Crippen molar-refractivity contribution in [2.75, 3.05) is 14.1 Å². The highest BCUT2D eigenvalue weighted by Crippen LogP contribution is 2.41. The monoisotopic (exact) mass is 433 g/mol. The first-order valence-electron chi connectivity index (χ1n) is 9.87. The number of ether oxygens (including phenoxy) is 1. The molecule has 0 saturated carbocycles. The van der Waals surface area contributed by atoms with Crippen LogP contribution in [0.25, 0.3) is 0 Å². The van der Waals surface area contributed by atoms with Crippen LogP contribution in [-0.2, 0) is 5.54 Å². The van der Waals surface area contributed by atoms with Crippen LogP contribution in [-0.4, -0.2) is 49.1 Å². The summed E-state index contributed by atoms with van der Waals surface area (Å²) < 4.78 is 10.0. The van der Waals surface area contributed by atoms with Gasteiger partial charge in [-0.1, -0.05) is 32.4 Å². The molecular weight excluding hydrogens is 404 g/mol. The van der Waals surface area contributed by atoms with E-state index < -0.39 is 6.23 Å². The normalized spacial score (nSPS) is 14.7. The van der Waals surface area contributed by atoms with Crippen molar-refractivity contribution >= 4 is 11.6 Å². The third-order valence-electron chi connectivity index (χ3n) is 5.49. The molecule has 0 aliphatic heterocycles. The van der Waals surface area contributed by atoms with Crippen molar-refractivity contribution < 1.29 is 9.64 Å². The Labute approximate surface area is 182 Å². The van der Waals surface area contributed by atoms with Gasteiger partial charge in [-0.25, -0.2) is 14.3 Å². The molecule has 3 rings (SSSR count). The standard InChI is InChI=1S/C20H29ClN8O/c1-19(2,3)16(29-18(24-25-26-29)20(4,5)27(6)7)17(28-13-22-12-23-28)30-15-10-8-14(21)9-11-15/h8-13,16-17H,1-7H3/p+1/t16-,17-/m1/s1. The summed E-state index contributed by atoms with van der Waals surface area (Å²) in [6, 6.07) is 6.98. The van der Waals surface area contributed by atoms with Gasteiger partial charge in [0.25, 0.3) is 0 Å². The van der Waals surface area contributed by atoms with Crippen LogP contribution in [0.5, 0.6) is 5.75 Å². The third kappa shape index (κ3) is 4.46. The van der Waals surface area contributed by atoms with Crippen LogP contribution in [0.3, 0.4) is 0 Å². The summed E-state index contributed by atoms with van der Waals surface area (Å²) in [4.78, 5) is 5.34. The zero-order valence-electron chi connectivity index (χ0n) is 18.5. The first-order chi connectivity index (χ1) is 14.0. The number of quaternary nitrogens is 1. The SMILES string of the molecule is C[NH+](C)C(C)(C)c1nnnn1[C@H]([C@@H](Oc1ccc(Cl)cc1)n1cncn1)C(C)(C)C. The van der Waals surface area contributed by atoms with E-state index in [1.165, 1.54) is 11.2 Å². The van der Waals surface area contributed by atoms with Gasteiger partial charge in [0.15, 0.2) is 5.54 Å². The first kappa shape index (κ1) is 22.2. The largest absolute Gasteiger partial charge is 0.466 e. The van der Waals surface area contributed by atoms with E-state index in [1.807, 2.05) is 16.8 Å². The highest BCUT2D eigenvalue weighted by Gasteiger charge is 2.44. The third-order valence-corrected chi connectivity index (χ3v) is 5.74. The van der Waals surface area contributed by atoms with Gasteiger partial charge in [-0.15, -0.1) is 5.10 Å². The summed E-state index contributed by atoms with van der Waals surface area (Å²) in [6.07, 6.45) is 2.60. The molecule has 0 amide bonds. The second-order valence-electron chi connectivity index (χ2n) is 9.22. The lowest BCUT2D eigenvalue weighted by molar-refractivity contribution is -0.920. The molecule has 2 aromatic heterocycles. The molecule has 0 bridgehead atoms. The van der Waals surface area contributed by atoms with E-state index in [0.29, 0.717) is 10.8 Å². The first-order valence-corrected chi connectivity index (χ1v) is 10.2. The number of benzene rings is 1. The van der Waals surface area contributed by atoms with Crippen molar-refractivity contribution in [1.29, 1.82) is 0 Å². The number of aromatic nitrogens is 7. The smallest absolute Gasteiger partial charge is 0.215 e. The predicted octanol–water partition coefficient (Wildman–Crippen LogP) is 2.16. The van der Waals surface area contributed by atoms with Crippen LogP contribution in [0.15, 0.2) is 36.9 Å². The second kappa shape index (κ2) is 8.31. The molecule has 30 heavy (non-hydrogen) atoms. The fourth-order valence-corrected chi connectivity index (χ4v) is 3.32. The molecule has 0 aliphatic carbocycles. The van der Waals surface area contributed by atoms with Gasteiger partial charge < -0.3 is 9.64 Å². The Hall–Kier alpha value is -2.52. The molecule has 0 unspecified atom stereocenters. The molecule has 0 aliphatic rings. The molecule has 3 aromatic rings. The van der Waals surface area contributed by atoms with Gasteiger partial charge in [0.1, 0.15) is 24.4 Å². The van der Waals surface area contributed by atoms with E-state index in [2.05, 4.69) is 74.3 Å². The highest BCUT2D eigenvalue weighted by atomic mass is 35.5. The number of rotatable bonds is 7. The zero-order valence-corrected chi connectivity index (χ0v) is 19.3. The summed E-state index contributed by atoms with van der Waals surface area (Å²) in [5, 5.41) is 17.8. The molecule has 0 spiro atoms. The molecule has 10 heteroatoms. The van der Waals surface area contributed by atoms with Gasteiger partial charge in [0.2, 0.25) is 12.1 Å². The quantitative estimate of drug-likeness (QED) is 0.614. The lowest BCUT2D eigenvalue weighted by Gasteiger charge is -2.38. The van der Waals surface area contributed by atoms with Crippen LogP contribution in [0.2, 0.25) is 5.02 Å². The topological polar surface area (TPSA) is 88.0 Å². The molecule has 162 valence electrons. The van der Waals surface area contributed by atoms with Crippen molar-refractivity contribution in [2.45, 2.75) is 52.4 Å². The van der Waals surface area contributed by atoms with Gasteiger partial charge in [0, 0.05) is 5.02 Å². The van der Waals surface area contributed by atoms with E-state index in [-0.39, 0.29) is 17.0 Å². The van der Waals surface area contributed by atoms with Gasteiger partial charge >= 0.3 is 0 Å². The molecule has 0 fully saturated rings. The van der Waals surface area contributed by atoms with E-state index in [0.717, 1.165) is 5.82 Å². The van der Waals surface area contributed by atoms with E-state index in [4.69, 9.17) is 16.3 Å². The molecular formula is C20H30ClN8O+. The Morgan fingerprint density at radius 2 is 1.73 bits per heavy atom. The van der Waals surface area contributed by atoms with Gasteiger partial charge in [0.05, 0.1) is 14.1 Å². The van der Waals surface area contributed by atoms with E-state index in [9.17, 15) is 0 Å². The van der Waals surface area contributed by atoms with Crippen LogP contribution < -0.4 is 9.64 Å². The summed E-state index contributed by atoms with van der Waals surface area (Å²) in [5.41, 5.74) is -0.592.